The van der Waals surface area contributed by atoms with Gasteiger partial charge in [-0.15, -0.1) is 10.2 Å². The van der Waals surface area contributed by atoms with E-state index in [-0.39, 0.29) is 0 Å². The fourth-order valence-electron chi connectivity index (χ4n) is 8.86. The van der Waals surface area contributed by atoms with Crippen LogP contribution in [0.15, 0.2) is 146 Å². The SMILES string of the molecule is c1cc2nc(c1)COCc1ccc(cc1)OCCCc1cn(nn1)CCCCCCOc1ccc(cc1)COc1cccc(n1)COCc1ccc(cc1)OCCCc1cn(nn1)CCCCCCOc1ccc(cc1)COC2. The molecule has 0 saturated carbocycles. The zero-order chi connectivity index (χ0) is 53.8. The minimum absolute atomic E-state index is 0.373. The Hall–Kier alpha value is -7.66. The number of hydrogen-bond acceptors (Lipinski definition) is 14. The molecule has 0 spiro atoms. The Morgan fingerprint density at radius 3 is 1.10 bits per heavy atom. The summed E-state index contributed by atoms with van der Waals surface area (Å²) in [6.45, 7) is 7.29. The molecular formula is C63H74N8O8. The third-order valence-corrected chi connectivity index (χ3v) is 13.2. The highest BCUT2D eigenvalue weighted by Gasteiger charge is 2.08. The summed E-state index contributed by atoms with van der Waals surface area (Å²) in [7, 11) is 0. The van der Waals surface area contributed by atoms with Gasteiger partial charge in [0.1, 0.15) is 29.6 Å². The van der Waals surface area contributed by atoms with Gasteiger partial charge in [0.15, 0.2) is 0 Å². The van der Waals surface area contributed by atoms with Crippen molar-refractivity contribution in [2.24, 2.45) is 0 Å². The van der Waals surface area contributed by atoms with Gasteiger partial charge >= 0.3 is 0 Å². The Morgan fingerprint density at radius 2 is 0.671 bits per heavy atom. The second kappa shape index (κ2) is 31.7. The van der Waals surface area contributed by atoms with Crippen LogP contribution in [0.2, 0.25) is 0 Å². The first-order valence-electron chi connectivity index (χ1n) is 28.0. The molecule has 0 radical (unpaired) electrons. The molecule has 4 aromatic carbocycles. The summed E-state index contributed by atoms with van der Waals surface area (Å²) in [5, 5.41) is 17.5. The third kappa shape index (κ3) is 20.3. The van der Waals surface area contributed by atoms with Crippen molar-refractivity contribution in [2.45, 2.75) is 136 Å². The van der Waals surface area contributed by atoms with E-state index in [2.05, 4.69) is 50.1 Å². The maximum atomic E-state index is 6.04. The minimum atomic E-state index is 0.373. The van der Waals surface area contributed by atoms with Gasteiger partial charge in [-0.05, 0) is 153 Å². The number of benzene rings is 4. The van der Waals surface area contributed by atoms with E-state index in [1.165, 1.54) is 0 Å². The van der Waals surface area contributed by atoms with Crippen LogP contribution in [0.4, 0.5) is 0 Å². The van der Waals surface area contributed by atoms with Crippen molar-refractivity contribution in [1.29, 1.82) is 0 Å². The van der Waals surface area contributed by atoms with Crippen LogP contribution in [0.1, 0.15) is 115 Å². The van der Waals surface area contributed by atoms with Crippen LogP contribution in [0.25, 0.3) is 0 Å². The number of ether oxygens (including phenoxy) is 8. The van der Waals surface area contributed by atoms with Crippen molar-refractivity contribution < 1.29 is 37.9 Å². The molecule has 16 bridgehead atoms. The minimum Gasteiger partial charge on any atom is -0.494 e. The molecule has 0 unspecified atom stereocenters. The van der Waals surface area contributed by atoms with E-state index < -0.39 is 0 Å². The summed E-state index contributed by atoms with van der Waals surface area (Å²) in [6.07, 6.45) is 15.9. The fourth-order valence-corrected chi connectivity index (χ4v) is 8.86. The molecule has 0 N–H and O–H groups in total. The molecule has 414 valence electrons. The van der Waals surface area contributed by atoms with Gasteiger partial charge in [0.05, 0.1) is 94.5 Å². The van der Waals surface area contributed by atoms with Crippen LogP contribution in [0.3, 0.4) is 0 Å². The van der Waals surface area contributed by atoms with Gasteiger partial charge < -0.3 is 37.9 Å². The number of aromatic nitrogens is 8. The molecule has 16 heteroatoms. The van der Waals surface area contributed by atoms with Crippen LogP contribution >= 0.6 is 0 Å². The average Bonchev–Trinajstić information content (AvgIpc) is 4.15. The Bertz CT molecular complexity index is 2970. The molecule has 0 atom stereocenters. The Labute approximate surface area is 464 Å². The molecule has 7 aliphatic rings. The first-order valence-corrected chi connectivity index (χ1v) is 28.0. The summed E-state index contributed by atoms with van der Waals surface area (Å²) in [4.78, 5) is 9.41. The molecule has 0 fully saturated rings. The van der Waals surface area contributed by atoms with Gasteiger partial charge in [-0.3, -0.25) is 14.3 Å². The molecule has 7 aliphatic heterocycles. The molecular weight excluding hydrogens is 997 g/mol. The highest BCUT2D eigenvalue weighted by Crippen LogP contribution is 2.20. The van der Waals surface area contributed by atoms with Crippen molar-refractivity contribution in [3.05, 3.63) is 197 Å². The lowest BCUT2D eigenvalue weighted by Gasteiger charge is -2.10. The zero-order valence-electron chi connectivity index (χ0n) is 45.4. The Balaban J connectivity index is 0.699. The number of nitrogens with zero attached hydrogens (tertiary/aromatic N) is 8. The lowest BCUT2D eigenvalue weighted by Crippen LogP contribution is -2.02. The predicted molar refractivity (Wildman–Crippen MR) is 300 cm³/mol. The van der Waals surface area contributed by atoms with Gasteiger partial charge in [0.2, 0.25) is 5.88 Å². The van der Waals surface area contributed by atoms with Crippen LogP contribution in [-0.4, -0.2) is 66.4 Å². The molecule has 8 aromatic rings. The fraction of sp³-hybridized carbons (Fsp3) is 0.397. The molecule has 0 saturated heterocycles. The van der Waals surface area contributed by atoms with Crippen molar-refractivity contribution in [3.63, 3.8) is 0 Å². The lowest BCUT2D eigenvalue weighted by molar-refractivity contribution is 0.0980. The number of pyridine rings is 2. The molecule has 79 heavy (non-hydrogen) atoms. The van der Waals surface area contributed by atoms with Gasteiger partial charge in [0, 0.05) is 31.5 Å². The van der Waals surface area contributed by atoms with Gasteiger partial charge in [-0.25, -0.2) is 4.98 Å². The third-order valence-electron chi connectivity index (χ3n) is 13.2. The van der Waals surface area contributed by atoms with Crippen molar-refractivity contribution in [1.82, 2.24) is 40.0 Å². The second-order valence-electron chi connectivity index (χ2n) is 19.8. The number of aryl methyl sites for hydroxylation is 4. The molecule has 4 aromatic heterocycles. The van der Waals surface area contributed by atoms with Gasteiger partial charge in [-0.1, -0.05) is 83.9 Å². The van der Waals surface area contributed by atoms with Crippen LogP contribution in [0, 0.1) is 0 Å². The Morgan fingerprint density at radius 1 is 0.304 bits per heavy atom. The van der Waals surface area contributed by atoms with Crippen LogP contribution in [-0.2, 0) is 86.4 Å². The maximum absolute atomic E-state index is 6.04. The van der Waals surface area contributed by atoms with E-state index in [1.807, 2.05) is 131 Å². The Kier molecular flexibility index (Phi) is 22.5. The van der Waals surface area contributed by atoms with Crippen molar-refractivity contribution in [2.75, 3.05) is 26.4 Å². The number of hydrogen-bond donors (Lipinski definition) is 0. The largest absolute Gasteiger partial charge is 0.494 e. The van der Waals surface area contributed by atoms with Gasteiger partial charge in [0.25, 0.3) is 0 Å². The molecule has 0 aliphatic carbocycles. The molecule has 16 nitrogen and oxygen atoms in total. The summed E-state index contributed by atoms with van der Waals surface area (Å²) in [5.74, 6) is 3.94. The summed E-state index contributed by atoms with van der Waals surface area (Å²) in [5.41, 5.74) is 8.75. The highest BCUT2D eigenvalue weighted by molar-refractivity contribution is 5.30. The van der Waals surface area contributed by atoms with E-state index >= 15 is 0 Å². The zero-order valence-corrected chi connectivity index (χ0v) is 45.4. The van der Waals surface area contributed by atoms with E-state index in [1.54, 1.807) is 0 Å². The van der Waals surface area contributed by atoms with Crippen molar-refractivity contribution in [3.8, 4) is 28.9 Å². The summed E-state index contributed by atoms with van der Waals surface area (Å²) in [6, 6.07) is 44.0. The summed E-state index contributed by atoms with van der Waals surface area (Å²) < 4.78 is 52.1. The first kappa shape index (κ1) is 56.1. The number of rotatable bonds is 0. The smallest absolute Gasteiger partial charge is 0.213 e. The standard InChI is InChI=1S/C63H74N8O8/c1-3-7-37-75-59-27-19-50(20-28-59)43-72-47-56-13-9-14-57(64-56)48-73-44-51-21-29-61(30-22-51)77-39-11-16-54-42-71(69-66-54)36-6-2-4-8-38-76-60-33-25-53(26-34-60)46-79-63-18-10-15-58(65-63)49-74-45-52-23-31-62(32-24-52)78-40-12-17-55-41-70(35-5-1)68-67-55/h9-10,13-15,18-34,41-42H,1-8,11-12,16-17,35-40,43-49H2. The average molecular weight is 1070 g/mol. The van der Waals surface area contributed by atoms with E-state index in [0.717, 1.165) is 164 Å². The monoisotopic (exact) mass is 1070 g/mol. The predicted octanol–water partition coefficient (Wildman–Crippen LogP) is 12.0. The quantitative estimate of drug-likeness (QED) is 0.141. The highest BCUT2D eigenvalue weighted by atomic mass is 16.5. The van der Waals surface area contributed by atoms with Crippen LogP contribution < -0.4 is 23.7 Å². The molecule has 15 rings (SSSR count). The van der Waals surface area contributed by atoms with Crippen molar-refractivity contribution >= 4 is 0 Å². The van der Waals surface area contributed by atoms with E-state index in [9.17, 15) is 0 Å². The summed E-state index contributed by atoms with van der Waals surface area (Å²) >= 11 is 0. The second-order valence-corrected chi connectivity index (χ2v) is 19.8. The van der Waals surface area contributed by atoms with Gasteiger partial charge in [-0.2, -0.15) is 0 Å². The topological polar surface area (TPSA) is 161 Å². The molecule has 0 amide bonds. The van der Waals surface area contributed by atoms with E-state index in [0.29, 0.717) is 78.6 Å². The van der Waals surface area contributed by atoms with Crippen LogP contribution in [0.5, 0.6) is 28.9 Å². The first-order chi connectivity index (χ1) is 39.1. The maximum Gasteiger partial charge on any atom is 0.213 e. The lowest BCUT2D eigenvalue weighted by atomic mass is 10.2. The normalized spacial score (nSPS) is 16.2. The molecule has 11 heterocycles. The van der Waals surface area contributed by atoms with E-state index in [4.69, 9.17) is 42.9 Å².